The van der Waals surface area contributed by atoms with Crippen LogP contribution >= 0.6 is 12.4 Å². The van der Waals surface area contributed by atoms with E-state index in [1.807, 2.05) is 6.07 Å². The number of nitrogens with one attached hydrogen (secondary N) is 1. The standard InChI is InChI=1S/C15H21FN2O2.ClH/c1-17-9-15(20)18-6-5-14(19)12(10-18)7-11-3-2-4-13(16)8-11;/h2-4,8,12,14,17,19H,5-7,9-10H2,1H3;1H/t12-,14-;/m1./s1. The number of halogens is 2. The van der Waals surface area contributed by atoms with Crippen molar-refractivity contribution >= 4 is 18.3 Å². The lowest BCUT2D eigenvalue weighted by molar-refractivity contribution is -0.133. The lowest BCUT2D eigenvalue weighted by Gasteiger charge is -2.36. The van der Waals surface area contributed by atoms with Crippen molar-refractivity contribution in [2.24, 2.45) is 5.92 Å². The first-order chi connectivity index (χ1) is 9.60. The van der Waals surface area contributed by atoms with Crippen molar-refractivity contribution in [3.63, 3.8) is 0 Å². The Morgan fingerprint density at radius 2 is 2.29 bits per heavy atom. The van der Waals surface area contributed by atoms with Crippen LogP contribution < -0.4 is 5.32 Å². The van der Waals surface area contributed by atoms with Gasteiger partial charge in [0.1, 0.15) is 5.82 Å². The van der Waals surface area contributed by atoms with Gasteiger partial charge in [0.05, 0.1) is 12.6 Å². The van der Waals surface area contributed by atoms with E-state index in [1.54, 1.807) is 18.0 Å². The number of aliphatic hydroxyl groups is 1. The highest BCUT2D eigenvalue weighted by atomic mass is 35.5. The van der Waals surface area contributed by atoms with Gasteiger partial charge in [0.15, 0.2) is 0 Å². The molecule has 118 valence electrons. The minimum atomic E-state index is -0.433. The number of benzene rings is 1. The Balaban J connectivity index is 0.00000220. The fourth-order valence-corrected chi connectivity index (χ4v) is 2.68. The minimum absolute atomic E-state index is 0. The number of aliphatic hydroxyl groups excluding tert-OH is 1. The Morgan fingerprint density at radius 1 is 1.52 bits per heavy atom. The molecular formula is C15H22ClFN2O2. The van der Waals surface area contributed by atoms with Crippen molar-refractivity contribution in [2.45, 2.75) is 18.9 Å². The third kappa shape index (κ3) is 4.95. The first-order valence-corrected chi connectivity index (χ1v) is 6.95. The Hall–Kier alpha value is -1.17. The van der Waals surface area contributed by atoms with E-state index in [0.717, 1.165) is 5.56 Å². The average Bonchev–Trinajstić information content (AvgIpc) is 2.41. The van der Waals surface area contributed by atoms with Crippen LogP contribution in [0.15, 0.2) is 24.3 Å². The zero-order valence-corrected chi connectivity index (χ0v) is 12.9. The van der Waals surface area contributed by atoms with Gasteiger partial charge in [-0.15, -0.1) is 12.4 Å². The highest BCUT2D eigenvalue weighted by Crippen LogP contribution is 2.22. The number of hydrogen-bond donors (Lipinski definition) is 2. The highest BCUT2D eigenvalue weighted by molar-refractivity contribution is 5.85. The summed E-state index contributed by atoms with van der Waals surface area (Å²) in [5.41, 5.74) is 0.858. The van der Waals surface area contributed by atoms with E-state index in [0.29, 0.717) is 32.5 Å². The molecule has 6 heteroatoms. The van der Waals surface area contributed by atoms with Crippen LogP contribution in [0.2, 0.25) is 0 Å². The molecule has 2 N–H and O–H groups in total. The van der Waals surface area contributed by atoms with Gasteiger partial charge in [-0.1, -0.05) is 12.1 Å². The van der Waals surface area contributed by atoms with Crippen molar-refractivity contribution in [3.8, 4) is 0 Å². The van der Waals surface area contributed by atoms with E-state index >= 15 is 0 Å². The number of carbonyl (C=O) groups is 1. The molecule has 0 aromatic heterocycles. The molecule has 0 bridgehead atoms. The molecule has 1 amide bonds. The molecule has 1 aliphatic heterocycles. The van der Waals surface area contributed by atoms with Gasteiger partial charge in [0.25, 0.3) is 0 Å². The summed E-state index contributed by atoms with van der Waals surface area (Å²) < 4.78 is 13.2. The third-order valence-electron chi connectivity index (χ3n) is 3.76. The maximum atomic E-state index is 13.2. The van der Waals surface area contributed by atoms with Crippen LogP contribution in [0.3, 0.4) is 0 Å². The van der Waals surface area contributed by atoms with Crippen LogP contribution in [0, 0.1) is 11.7 Å². The molecular weight excluding hydrogens is 295 g/mol. The monoisotopic (exact) mass is 316 g/mol. The van der Waals surface area contributed by atoms with E-state index in [1.165, 1.54) is 12.1 Å². The van der Waals surface area contributed by atoms with Crippen molar-refractivity contribution in [1.29, 1.82) is 0 Å². The molecule has 0 unspecified atom stereocenters. The summed E-state index contributed by atoms with van der Waals surface area (Å²) in [6, 6.07) is 6.42. The zero-order chi connectivity index (χ0) is 14.5. The number of nitrogens with zero attached hydrogens (tertiary/aromatic N) is 1. The Morgan fingerprint density at radius 3 is 2.95 bits per heavy atom. The number of hydrogen-bond acceptors (Lipinski definition) is 3. The number of carbonyl (C=O) groups excluding carboxylic acids is 1. The third-order valence-corrected chi connectivity index (χ3v) is 3.76. The van der Waals surface area contributed by atoms with E-state index < -0.39 is 6.10 Å². The first-order valence-electron chi connectivity index (χ1n) is 6.95. The average molecular weight is 317 g/mol. The topological polar surface area (TPSA) is 52.6 Å². The summed E-state index contributed by atoms with van der Waals surface area (Å²) in [5, 5.41) is 12.9. The summed E-state index contributed by atoms with van der Waals surface area (Å²) in [5.74, 6) is -0.258. The van der Waals surface area contributed by atoms with Crippen LogP contribution in [0.25, 0.3) is 0 Å². The lowest BCUT2D eigenvalue weighted by Crippen LogP contribution is -2.48. The molecule has 1 heterocycles. The number of amides is 1. The van der Waals surface area contributed by atoms with Gasteiger partial charge >= 0.3 is 0 Å². The van der Waals surface area contributed by atoms with E-state index in [2.05, 4.69) is 5.32 Å². The fourth-order valence-electron chi connectivity index (χ4n) is 2.68. The van der Waals surface area contributed by atoms with E-state index in [4.69, 9.17) is 0 Å². The summed E-state index contributed by atoms with van der Waals surface area (Å²) >= 11 is 0. The Labute approximate surface area is 130 Å². The summed E-state index contributed by atoms with van der Waals surface area (Å²) in [4.78, 5) is 13.6. The van der Waals surface area contributed by atoms with Gasteiger partial charge < -0.3 is 15.3 Å². The Kier molecular flexibility index (Phi) is 7.08. The smallest absolute Gasteiger partial charge is 0.236 e. The van der Waals surface area contributed by atoms with E-state index in [-0.39, 0.29) is 30.0 Å². The molecule has 1 aliphatic rings. The van der Waals surface area contributed by atoms with Crippen molar-refractivity contribution < 1.29 is 14.3 Å². The van der Waals surface area contributed by atoms with Crippen molar-refractivity contribution in [1.82, 2.24) is 10.2 Å². The molecule has 2 atom stereocenters. The summed E-state index contributed by atoms with van der Waals surface area (Å²) in [6.07, 6.45) is 0.731. The second-order valence-electron chi connectivity index (χ2n) is 5.32. The van der Waals surface area contributed by atoms with E-state index in [9.17, 15) is 14.3 Å². The molecule has 0 spiro atoms. The van der Waals surface area contributed by atoms with Gasteiger partial charge in [0, 0.05) is 19.0 Å². The number of rotatable bonds is 4. The molecule has 0 radical (unpaired) electrons. The molecule has 0 aliphatic carbocycles. The molecule has 2 rings (SSSR count). The summed E-state index contributed by atoms with van der Waals surface area (Å²) in [6.45, 7) is 1.42. The largest absolute Gasteiger partial charge is 0.393 e. The van der Waals surface area contributed by atoms with Crippen LogP contribution in [-0.2, 0) is 11.2 Å². The maximum Gasteiger partial charge on any atom is 0.236 e. The predicted molar refractivity (Wildman–Crippen MR) is 82.0 cm³/mol. The lowest BCUT2D eigenvalue weighted by atomic mass is 9.88. The summed E-state index contributed by atoms with van der Waals surface area (Å²) in [7, 11) is 1.74. The predicted octanol–water partition coefficient (Wildman–Crippen LogP) is 1.22. The van der Waals surface area contributed by atoms with Gasteiger partial charge in [0.2, 0.25) is 5.91 Å². The second kappa shape index (κ2) is 8.32. The van der Waals surface area contributed by atoms with Crippen molar-refractivity contribution in [2.75, 3.05) is 26.7 Å². The van der Waals surface area contributed by atoms with Gasteiger partial charge in [-0.3, -0.25) is 4.79 Å². The molecule has 1 fully saturated rings. The number of likely N-dealkylation sites (N-methyl/N-ethyl adjacent to an activating group) is 1. The normalized spacial score (nSPS) is 21.8. The number of piperidine rings is 1. The Bertz CT molecular complexity index is 473. The second-order valence-corrected chi connectivity index (χ2v) is 5.32. The molecule has 1 aromatic carbocycles. The fraction of sp³-hybridized carbons (Fsp3) is 0.533. The zero-order valence-electron chi connectivity index (χ0n) is 12.1. The molecule has 21 heavy (non-hydrogen) atoms. The SMILES string of the molecule is CNCC(=O)N1CC[C@@H](O)[C@H](Cc2cccc(F)c2)C1.Cl. The quantitative estimate of drug-likeness (QED) is 0.878. The highest BCUT2D eigenvalue weighted by Gasteiger charge is 2.29. The van der Waals surface area contributed by atoms with Gasteiger partial charge in [-0.2, -0.15) is 0 Å². The maximum absolute atomic E-state index is 13.2. The van der Waals surface area contributed by atoms with Crippen LogP contribution in [0.4, 0.5) is 4.39 Å². The molecule has 1 aromatic rings. The van der Waals surface area contributed by atoms with Gasteiger partial charge in [-0.05, 0) is 37.6 Å². The molecule has 0 saturated carbocycles. The first kappa shape index (κ1) is 17.9. The van der Waals surface area contributed by atoms with Crippen LogP contribution in [0.1, 0.15) is 12.0 Å². The van der Waals surface area contributed by atoms with Gasteiger partial charge in [-0.25, -0.2) is 4.39 Å². The number of likely N-dealkylation sites (tertiary alicyclic amines) is 1. The van der Waals surface area contributed by atoms with Crippen LogP contribution in [0.5, 0.6) is 0 Å². The molecule has 4 nitrogen and oxygen atoms in total. The minimum Gasteiger partial charge on any atom is -0.393 e. The van der Waals surface area contributed by atoms with Crippen molar-refractivity contribution in [3.05, 3.63) is 35.6 Å². The van der Waals surface area contributed by atoms with Crippen LogP contribution in [-0.4, -0.2) is 48.7 Å². The molecule has 1 saturated heterocycles.